The summed E-state index contributed by atoms with van der Waals surface area (Å²) in [5, 5.41) is 29.3. The van der Waals surface area contributed by atoms with E-state index in [1.807, 2.05) is 0 Å². The highest BCUT2D eigenvalue weighted by atomic mass is 31.2. The second-order valence-electron chi connectivity index (χ2n) is 4.65. The predicted molar refractivity (Wildman–Crippen MR) is 68.8 cm³/mol. The van der Waals surface area contributed by atoms with Crippen molar-refractivity contribution in [2.45, 2.75) is 36.6 Å². The zero-order valence-corrected chi connectivity index (χ0v) is 14.0. The van der Waals surface area contributed by atoms with Crippen LogP contribution in [0.5, 0.6) is 0 Å². The molecule has 0 unspecified atom stereocenters. The Hall–Kier alpha value is 0.210. The molecule has 0 amide bonds. The molecule has 0 aliphatic heterocycles. The standard InChI is InChI=1S/C6H15O15P3/c7-1-2(8)5(20-23(13,14)15)6(21-24(16,17)18)3(9)4(1)19-22(10,11)12/h1-9H,(H2,10,11,12)(H2,13,14,15)(H2,16,17,18)/t1-,2-,3-,4+,5+,6+/m0/s1. The van der Waals surface area contributed by atoms with Crippen LogP contribution < -0.4 is 0 Å². The van der Waals surface area contributed by atoms with E-state index in [2.05, 4.69) is 13.6 Å². The largest absolute Gasteiger partial charge is 0.470 e. The molecule has 18 heteroatoms. The van der Waals surface area contributed by atoms with Crippen LogP contribution in [0, 0.1) is 0 Å². The third kappa shape index (κ3) is 6.50. The molecule has 0 aromatic rings. The van der Waals surface area contributed by atoms with Crippen LogP contribution in [0.25, 0.3) is 0 Å². The quantitative estimate of drug-likeness (QED) is 0.189. The predicted octanol–water partition coefficient (Wildman–Crippen LogP) is -3.48. The second kappa shape index (κ2) is 7.45. The van der Waals surface area contributed by atoms with Crippen molar-refractivity contribution in [1.29, 1.82) is 0 Å². The first-order valence-corrected chi connectivity index (χ1v) is 10.4. The minimum absolute atomic E-state index is 2.32. The Balaban J connectivity index is 3.23. The SMILES string of the molecule is O=P(O)(O)O[C@@H]1[C@@H](O)[C@H](O)[C@@H](OP(=O)(O)O)[C@H](OP(=O)(O)O)[C@H]1O. The summed E-state index contributed by atoms with van der Waals surface area (Å²) in [5.41, 5.74) is 0. The van der Waals surface area contributed by atoms with Crippen molar-refractivity contribution in [3.8, 4) is 0 Å². The molecule has 1 aliphatic rings. The highest BCUT2D eigenvalue weighted by Gasteiger charge is 2.56. The molecule has 1 fully saturated rings. The molecule has 0 aromatic heterocycles. The fourth-order valence-corrected chi connectivity index (χ4v) is 3.70. The molecule has 0 saturated heterocycles. The molecule has 6 atom stereocenters. The van der Waals surface area contributed by atoms with Crippen LogP contribution >= 0.6 is 23.5 Å². The lowest BCUT2D eigenvalue weighted by Gasteiger charge is -2.44. The summed E-state index contributed by atoms with van der Waals surface area (Å²) >= 11 is 0. The van der Waals surface area contributed by atoms with Crippen molar-refractivity contribution in [3.63, 3.8) is 0 Å². The molecule has 0 radical (unpaired) electrons. The number of phosphoric acid groups is 3. The molecule has 1 aliphatic carbocycles. The Bertz CT molecular complexity index is 574. The maximum Gasteiger partial charge on any atom is 0.470 e. The number of aliphatic hydroxyl groups is 3. The maximum atomic E-state index is 10.9. The van der Waals surface area contributed by atoms with E-state index < -0.39 is 60.1 Å². The summed E-state index contributed by atoms with van der Waals surface area (Å²) in [6.07, 6.45) is -14.3. The van der Waals surface area contributed by atoms with Crippen LogP contribution in [0.1, 0.15) is 0 Å². The summed E-state index contributed by atoms with van der Waals surface area (Å²) in [6.45, 7) is 0. The molecule has 9 N–H and O–H groups in total. The molecular weight excluding hydrogens is 405 g/mol. The van der Waals surface area contributed by atoms with Crippen molar-refractivity contribution in [3.05, 3.63) is 0 Å². The van der Waals surface area contributed by atoms with Gasteiger partial charge in [0.15, 0.2) is 0 Å². The van der Waals surface area contributed by atoms with Crippen LogP contribution in [0.4, 0.5) is 0 Å². The molecule has 15 nitrogen and oxygen atoms in total. The Morgan fingerprint density at radius 2 is 0.750 bits per heavy atom. The molecule has 0 spiro atoms. The minimum Gasteiger partial charge on any atom is -0.387 e. The summed E-state index contributed by atoms with van der Waals surface area (Å²) in [4.78, 5) is 52.4. The minimum atomic E-state index is -5.43. The number of hydrogen-bond donors (Lipinski definition) is 9. The summed E-state index contributed by atoms with van der Waals surface area (Å²) in [6, 6.07) is 0. The van der Waals surface area contributed by atoms with Gasteiger partial charge in [0.2, 0.25) is 0 Å². The Morgan fingerprint density at radius 3 is 1.08 bits per heavy atom. The van der Waals surface area contributed by atoms with E-state index in [-0.39, 0.29) is 0 Å². The van der Waals surface area contributed by atoms with Gasteiger partial charge in [0, 0.05) is 0 Å². The van der Waals surface area contributed by atoms with Crippen LogP contribution in [-0.4, -0.2) is 81.3 Å². The van der Waals surface area contributed by atoms with E-state index in [0.29, 0.717) is 0 Å². The highest BCUT2D eigenvalue weighted by Crippen LogP contribution is 2.49. The lowest BCUT2D eigenvalue weighted by Crippen LogP contribution is -2.65. The fraction of sp³-hybridized carbons (Fsp3) is 1.00. The van der Waals surface area contributed by atoms with Crippen molar-refractivity contribution < 1.29 is 71.9 Å². The fourth-order valence-electron chi connectivity index (χ4n) is 2.01. The van der Waals surface area contributed by atoms with E-state index in [1.54, 1.807) is 0 Å². The van der Waals surface area contributed by atoms with Gasteiger partial charge < -0.3 is 44.7 Å². The summed E-state index contributed by atoms with van der Waals surface area (Å²) in [7, 11) is -16.2. The van der Waals surface area contributed by atoms with Crippen LogP contribution in [-0.2, 0) is 27.3 Å². The number of rotatable bonds is 6. The van der Waals surface area contributed by atoms with E-state index in [9.17, 15) is 29.0 Å². The molecule has 1 saturated carbocycles. The third-order valence-electron chi connectivity index (χ3n) is 2.80. The topological polar surface area (TPSA) is 261 Å². The van der Waals surface area contributed by atoms with Crippen molar-refractivity contribution in [2.24, 2.45) is 0 Å². The second-order valence-corrected chi connectivity index (χ2v) is 8.23. The van der Waals surface area contributed by atoms with E-state index >= 15 is 0 Å². The van der Waals surface area contributed by atoms with Gasteiger partial charge >= 0.3 is 23.5 Å². The normalized spacial score (nSPS) is 35.9. The average Bonchev–Trinajstić information content (AvgIpc) is 2.32. The van der Waals surface area contributed by atoms with Gasteiger partial charge in [0.05, 0.1) is 0 Å². The average molecular weight is 420 g/mol. The van der Waals surface area contributed by atoms with Gasteiger partial charge in [-0.25, -0.2) is 13.7 Å². The number of phosphoric ester groups is 3. The van der Waals surface area contributed by atoms with Gasteiger partial charge in [-0.15, -0.1) is 0 Å². The van der Waals surface area contributed by atoms with E-state index in [1.165, 1.54) is 0 Å². The Morgan fingerprint density at radius 1 is 0.500 bits per heavy atom. The lowest BCUT2D eigenvalue weighted by molar-refractivity contribution is -0.212. The monoisotopic (exact) mass is 420 g/mol. The molecule has 0 bridgehead atoms. The zero-order valence-electron chi connectivity index (χ0n) is 11.3. The van der Waals surface area contributed by atoms with Gasteiger partial charge in [0.25, 0.3) is 0 Å². The maximum absolute atomic E-state index is 10.9. The number of hydrogen-bond acceptors (Lipinski definition) is 9. The summed E-state index contributed by atoms with van der Waals surface area (Å²) in [5.74, 6) is 0. The van der Waals surface area contributed by atoms with Crippen molar-refractivity contribution in [1.82, 2.24) is 0 Å². The van der Waals surface area contributed by atoms with E-state index in [0.717, 1.165) is 0 Å². The Labute approximate surface area is 133 Å². The summed E-state index contributed by atoms with van der Waals surface area (Å²) < 4.78 is 44.7. The van der Waals surface area contributed by atoms with Gasteiger partial charge in [-0.2, -0.15) is 0 Å². The highest BCUT2D eigenvalue weighted by molar-refractivity contribution is 7.46. The van der Waals surface area contributed by atoms with E-state index in [4.69, 9.17) is 29.4 Å². The molecular formula is C6H15O15P3. The van der Waals surface area contributed by atoms with Gasteiger partial charge in [-0.1, -0.05) is 0 Å². The van der Waals surface area contributed by atoms with Crippen LogP contribution in [0.2, 0.25) is 0 Å². The van der Waals surface area contributed by atoms with Crippen LogP contribution in [0.15, 0.2) is 0 Å². The van der Waals surface area contributed by atoms with Gasteiger partial charge in [-0.05, 0) is 0 Å². The van der Waals surface area contributed by atoms with Crippen molar-refractivity contribution >= 4 is 23.5 Å². The molecule has 0 aromatic carbocycles. The van der Waals surface area contributed by atoms with Crippen LogP contribution in [0.3, 0.4) is 0 Å². The first kappa shape index (κ1) is 22.3. The molecule has 24 heavy (non-hydrogen) atoms. The third-order valence-corrected chi connectivity index (χ3v) is 4.35. The Kier molecular flexibility index (Phi) is 6.90. The number of aliphatic hydroxyl groups excluding tert-OH is 3. The van der Waals surface area contributed by atoms with Crippen molar-refractivity contribution in [2.75, 3.05) is 0 Å². The molecule has 144 valence electrons. The van der Waals surface area contributed by atoms with Gasteiger partial charge in [-0.3, -0.25) is 13.6 Å². The lowest BCUT2D eigenvalue weighted by atomic mass is 9.85. The zero-order chi connectivity index (χ0) is 19.1. The first-order chi connectivity index (χ1) is 10.5. The first-order valence-electron chi connectivity index (χ1n) is 5.78. The molecule has 0 heterocycles. The molecule has 1 rings (SSSR count). The smallest absolute Gasteiger partial charge is 0.387 e. The van der Waals surface area contributed by atoms with Gasteiger partial charge in [0.1, 0.15) is 36.6 Å².